The molecule has 47 heavy (non-hydrogen) atoms. The summed E-state index contributed by atoms with van der Waals surface area (Å²) < 4.78 is 63.8. The highest BCUT2D eigenvalue weighted by molar-refractivity contribution is 7.17. The Morgan fingerprint density at radius 2 is 1.85 bits per heavy atom. The first-order valence-electron chi connectivity index (χ1n) is 15.0. The smallest absolute Gasteiger partial charge is 0.285 e. The third-order valence-electron chi connectivity index (χ3n) is 7.52. The number of allylic oxidation sites excluding steroid dienone is 2. The summed E-state index contributed by atoms with van der Waals surface area (Å²) in [7, 11) is 3.22. The number of ether oxygens (including phenoxy) is 1. The van der Waals surface area contributed by atoms with Crippen molar-refractivity contribution in [2.24, 2.45) is 0 Å². The Kier molecular flexibility index (Phi) is 11.5. The van der Waals surface area contributed by atoms with Crippen molar-refractivity contribution in [1.82, 2.24) is 24.6 Å². The van der Waals surface area contributed by atoms with E-state index in [9.17, 15) is 22.4 Å². The lowest BCUT2D eigenvalue weighted by atomic mass is 9.93. The number of carbonyl (C=O) groups excluding carboxylic acids is 1. The number of nitrogens with zero attached hydrogens (tertiary/aromatic N) is 5. The number of amides is 1. The van der Waals surface area contributed by atoms with Crippen LogP contribution in [0.2, 0.25) is 0 Å². The number of fused-ring (bicyclic) bond motifs is 3. The van der Waals surface area contributed by atoms with Gasteiger partial charge in [-0.2, -0.15) is 13.9 Å². The summed E-state index contributed by atoms with van der Waals surface area (Å²) in [4.78, 5) is 20.4. The fourth-order valence-electron chi connectivity index (χ4n) is 5.54. The molecule has 1 amide bonds. The van der Waals surface area contributed by atoms with Gasteiger partial charge in [0.25, 0.3) is 5.92 Å². The van der Waals surface area contributed by atoms with Crippen LogP contribution in [0.25, 0.3) is 38.8 Å². The van der Waals surface area contributed by atoms with Gasteiger partial charge in [-0.05, 0) is 48.3 Å². The van der Waals surface area contributed by atoms with E-state index in [0.717, 1.165) is 5.69 Å². The zero-order valence-electron chi connectivity index (χ0n) is 26.8. The number of aromatic nitrogens is 3. The number of hydrogen-bond donors (Lipinski definition) is 0. The van der Waals surface area contributed by atoms with E-state index in [0.29, 0.717) is 76.1 Å². The standard InChI is InChI=1S/C30H25F4N5OS.C3H6O.C2H6/c1-3-26(40)38-9-10-39-21(16-38)14-25(36-39)28-23(13-20(32)6-8-31)29-22(7-11-41-29)27(35-28)18-4-5-24-19(12-18)15-37(2)17-30(24,33)34;1-3-4-2;1-2/h3-8,11-14H,1,9-10,15-17H2,2H3;3H,1H2,2H3;1-2H3/b8-6+,20-13?;;. The first-order valence-corrected chi connectivity index (χ1v) is 15.9. The van der Waals surface area contributed by atoms with Crippen molar-refractivity contribution in [3.63, 3.8) is 0 Å². The molecule has 5 heterocycles. The van der Waals surface area contributed by atoms with E-state index in [2.05, 4.69) is 17.9 Å². The molecule has 2 aliphatic heterocycles. The van der Waals surface area contributed by atoms with Crippen LogP contribution < -0.4 is 0 Å². The van der Waals surface area contributed by atoms with Gasteiger partial charge in [0.2, 0.25) is 5.91 Å². The molecule has 0 bridgehead atoms. The van der Waals surface area contributed by atoms with Crippen LogP contribution in [-0.4, -0.2) is 57.7 Å². The first kappa shape index (κ1) is 35.3. The number of hydrogen-bond acceptors (Lipinski definition) is 6. The molecule has 0 saturated carbocycles. The predicted molar refractivity (Wildman–Crippen MR) is 180 cm³/mol. The maximum atomic E-state index is 14.8. The largest absolute Gasteiger partial charge is 0.505 e. The number of benzene rings is 1. The van der Waals surface area contributed by atoms with Crippen LogP contribution in [0.4, 0.5) is 17.6 Å². The lowest BCUT2D eigenvalue weighted by molar-refractivity contribution is -0.127. The second kappa shape index (κ2) is 15.4. The predicted octanol–water partition coefficient (Wildman–Crippen LogP) is 8.49. The van der Waals surface area contributed by atoms with Crippen molar-refractivity contribution in [1.29, 1.82) is 0 Å². The molecule has 0 aliphatic carbocycles. The number of rotatable bonds is 6. The fraction of sp³-hybridized carbons (Fsp3) is 0.286. The molecule has 0 fully saturated rings. The van der Waals surface area contributed by atoms with E-state index < -0.39 is 11.7 Å². The maximum Gasteiger partial charge on any atom is 0.285 e. The van der Waals surface area contributed by atoms with Gasteiger partial charge in [0.15, 0.2) is 0 Å². The zero-order chi connectivity index (χ0) is 34.3. The summed E-state index contributed by atoms with van der Waals surface area (Å²) in [6.07, 6.45) is 4.70. The summed E-state index contributed by atoms with van der Waals surface area (Å²) in [6.45, 7) is 12.1. The highest BCUT2D eigenvalue weighted by Gasteiger charge is 2.39. The van der Waals surface area contributed by atoms with Gasteiger partial charge in [-0.1, -0.05) is 39.1 Å². The van der Waals surface area contributed by atoms with Crippen LogP contribution in [0.5, 0.6) is 0 Å². The van der Waals surface area contributed by atoms with Crippen molar-refractivity contribution >= 4 is 33.4 Å². The van der Waals surface area contributed by atoms with Crippen LogP contribution in [-0.2, 0) is 35.1 Å². The highest BCUT2D eigenvalue weighted by Crippen LogP contribution is 2.42. The number of methoxy groups -OCH3 is 1. The summed E-state index contributed by atoms with van der Waals surface area (Å²) in [5.41, 5.74) is 3.72. The Morgan fingerprint density at radius 3 is 2.53 bits per heavy atom. The SMILES string of the molecule is C=CC(=O)N1CCn2nc(-c3nc(-c4ccc5c(c4)CN(C)CC5(F)F)c4ccsc4c3C=C(F)/C=C/F)cc2C1.C=COC.CC. The molecule has 7 nitrogen and oxygen atoms in total. The minimum Gasteiger partial charge on any atom is -0.505 e. The molecule has 3 aromatic heterocycles. The van der Waals surface area contributed by atoms with E-state index in [-0.39, 0.29) is 24.3 Å². The molecule has 0 atom stereocenters. The lowest BCUT2D eigenvalue weighted by Gasteiger charge is -2.32. The number of alkyl halides is 2. The number of thiophene rings is 1. The number of pyridine rings is 1. The van der Waals surface area contributed by atoms with Crippen LogP contribution in [0, 0.1) is 0 Å². The van der Waals surface area contributed by atoms with Crippen LogP contribution in [0.15, 0.2) is 79.4 Å². The van der Waals surface area contributed by atoms with Gasteiger partial charge in [0.1, 0.15) is 17.2 Å². The molecular weight excluding hydrogens is 630 g/mol. The molecule has 0 saturated heterocycles. The lowest BCUT2D eigenvalue weighted by Crippen LogP contribution is -2.38. The summed E-state index contributed by atoms with van der Waals surface area (Å²) in [6, 6.07) is 8.48. The average Bonchev–Trinajstić information content (AvgIpc) is 3.72. The molecule has 248 valence electrons. The Morgan fingerprint density at radius 1 is 1.11 bits per heavy atom. The first-order chi connectivity index (χ1) is 22.6. The zero-order valence-corrected chi connectivity index (χ0v) is 27.6. The van der Waals surface area contributed by atoms with Crippen molar-refractivity contribution in [2.45, 2.75) is 39.4 Å². The van der Waals surface area contributed by atoms with Crippen molar-refractivity contribution in [3.8, 4) is 22.6 Å². The van der Waals surface area contributed by atoms with E-state index in [1.165, 1.54) is 35.8 Å². The van der Waals surface area contributed by atoms with Crippen molar-refractivity contribution in [2.75, 3.05) is 27.2 Å². The van der Waals surface area contributed by atoms with Gasteiger partial charge in [-0.25, -0.2) is 13.8 Å². The molecule has 2 aliphatic rings. The summed E-state index contributed by atoms with van der Waals surface area (Å²) in [5.74, 6) is -3.96. The summed E-state index contributed by atoms with van der Waals surface area (Å²) >= 11 is 1.37. The maximum absolute atomic E-state index is 14.8. The number of halogens is 4. The van der Waals surface area contributed by atoms with Crippen LogP contribution in [0.3, 0.4) is 0 Å². The average molecular weight is 668 g/mol. The minimum atomic E-state index is -2.97. The second-order valence-corrected chi connectivity index (χ2v) is 11.5. The van der Waals surface area contributed by atoms with Crippen LogP contribution in [0.1, 0.15) is 36.2 Å². The van der Waals surface area contributed by atoms with Gasteiger partial charge >= 0.3 is 0 Å². The van der Waals surface area contributed by atoms with E-state index >= 15 is 0 Å². The van der Waals surface area contributed by atoms with E-state index in [4.69, 9.17) is 10.1 Å². The van der Waals surface area contributed by atoms with Gasteiger partial charge in [-0.15, -0.1) is 11.3 Å². The molecule has 12 heteroatoms. The van der Waals surface area contributed by atoms with Gasteiger partial charge < -0.3 is 9.64 Å². The number of likely N-dealkylation sites (N-methyl/N-ethyl adjacent to an activating group) is 1. The highest BCUT2D eigenvalue weighted by atomic mass is 32.1. The topological polar surface area (TPSA) is 63.5 Å². The Balaban J connectivity index is 0.000000776. The molecule has 0 N–H and O–H groups in total. The third kappa shape index (κ3) is 7.55. The Bertz CT molecular complexity index is 1830. The Hall–Kier alpha value is -4.55. The molecule has 4 aromatic rings. The van der Waals surface area contributed by atoms with Crippen molar-refractivity contribution < 1.29 is 27.1 Å². The number of carbonyl (C=O) groups is 1. The van der Waals surface area contributed by atoms with Crippen molar-refractivity contribution in [3.05, 3.63) is 102 Å². The second-order valence-electron chi connectivity index (χ2n) is 10.6. The van der Waals surface area contributed by atoms with E-state index in [1.54, 1.807) is 46.8 Å². The van der Waals surface area contributed by atoms with Gasteiger partial charge in [-0.3, -0.25) is 14.4 Å². The van der Waals surface area contributed by atoms with Gasteiger partial charge in [0.05, 0.1) is 50.7 Å². The molecule has 6 rings (SSSR count). The van der Waals surface area contributed by atoms with Crippen LogP contribution >= 0.6 is 11.3 Å². The van der Waals surface area contributed by atoms with Gasteiger partial charge in [0, 0.05) is 45.9 Å². The Labute approximate surface area is 275 Å². The normalized spacial score (nSPS) is 15.6. The molecule has 1 aromatic carbocycles. The monoisotopic (exact) mass is 667 g/mol. The quantitative estimate of drug-likeness (QED) is 0.0894. The van der Waals surface area contributed by atoms with E-state index in [1.807, 2.05) is 25.3 Å². The molecule has 0 spiro atoms. The fourth-order valence-corrected chi connectivity index (χ4v) is 6.45. The molecule has 0 radical (unpaired) electrons. The summed E-state index contributed by atoms with van der Waals surface area (Å²) in [5, 5.41) is 7.28. The molecule has 0 unspecified atom stereocenters. The minimum absolute atomic E-state index is 0.00109. The molecular formula is C35H37F4N5O2S. The third-order valence-corrected chi connectivity index (χ3v) is 8.47.